The van der Waals surface area contributed by atoms with Crippen LogP contribution in [0.3, 0.4) is 0 Å². The van der Waals surface area contributed by atoms with E-state index in [4.69, 9.17) is 11.0 Å². The maximum atomic E-state index is 11.4. The summed E-state index contributed by atoms with van der Waals surface area (Å²) in [5.74, 6) is -0.494. The summed E-state index contributed by atoms with van der Waals surface area (Å²) < 4.78 is 4.65. The number of nitriles is 1. The Morgan fingerprint density at radius 3 is 2.74 bits per heavy atom. The van der Waals surface area contributed by atoms with Crippen LogP contribution in [0.5, 0.6) is 0 Å². The molecule has 5 heteroatoms. The standard InChI is InChI=1S/C14H19N3O2/c1-4-17(9-10(2)8-15)13-6-5-11(7-12(13)16)14(18)19-3/h5-7,10H,4,9,16H2,1-3H3. The van der Waals surface area contributed by atoms with Gasteiger partial charge >= 0.3 is 5.97 Å². The number of nitrogens with two attached hydrogens (primary N) is 1. The molecule has 0 bridgehead atoms. The Labute approximate surface area is 113 Å². The molecule has 0 aliphatic rings. The summed E-state index contributed by atoms with van der Waals surface area (Å²) in [6.45, 7) is 5.21. The number of esters is 1. The van der Waals surface area contributed by atoms with E-state index < -0.39 is 5.97 Å². The smallest absolute Gasteiger partial charge is 0.337 e. The molecule has 0 spiro atoms. The summed E-state index contributed by atoms with van der Waals surface area (Å²) in [4.78, 5) is 13.4. The Bertz CT molecular complexity index is 494. The van der Waals surface area contributed by atoms with Crippen LogP contribution in [0.15, 0.2) is 18.2 Å². The second kappa shape index (κ2) is 6.64. The van der Waals surface area contributed by atoms with Crippen LogP contribution in [0.2, 0.25) is 0 Å². The van der Waals surface area contributed by atoms with E-state index in [-0.39, 0.29) is 5.92 Å². The van der Waals surface area contributed by atoms with Crippen LogP contribution in [0.4, 0.5) is 11.4 Å². The number of hydrogen-bond donors (Lipinski definition) is 1. The first kappa shape index (κ1) is 14.8. The van der Waals surface area contributed by atoms with Gasteiger partial charge in [0, 0.05) is 13.1 Å². The van der Waals surface area contributed by atoms with Crippen LogP contribution in [0.25, 0.3) is 0 Å². The van der Waals surface area contributed by atoms with E-state index in [0.717, 1.165) is 12.2 Å². The number of benzene rings is 1. The number of carbonyl (C=O) groups excluding carboxylic acids is 1. The molecule has 2 N–H and O–H groups in total. The lowest BCUT2D eigenvalue weighted by Gasteiger charge is -2.25. The largest absolute Gasteiger partial charge is 0.465 e. The lowest BCUT2D eigenvalue weighted by Crippen LogP contribution is -2.28. The Morgan fingerprint density at radius 2 is 2.26 bits per heavy atom. The lowest BCUT2D eigenvalue weighted by molar-refractivity contribution is 0.0601. The van der Waals surface area contributed by atoms with Crippen molar-refractivity contribution >= 4 is 17.3 Å². The summed E-state index contributed by atoms with van der Waals surface area (Å²) in [7, 11) is 1.33. The van der Waals surface area contributed by atoms with Gasteiger partial charge in [-0.25, -0.2) is 4.79 Å². The molecule has 0 fully saturated rings. The summed E-state index contributed by atoms with van der Waals surface area (Å²) in [6.07, 6.45) is 0. The van der Waals surface area contributed by atoms with E-state index in [0.29, 0.717) is 17.8 Å². The fourth-order valence-electron chi connectivity index (χ4n) is 1.86. The van der Waals surface area contributed by atoms with Gasteiger partial charge in [-0.05, 0) is 32.0 Å². The van der Waals surface area contributed by atoms with Crippen LogP contribution in [0, 0.1) is 17.2 Å². The number of rotatable bonds is 5. The van der Waals surface area contributed by atoms with Crippen molar-refractivity contribution in [1.29, 1.82) is 5.26 Å². The van der Waals surface area contributed by atoms with Gasteiger partial charge < -0.3 is 15.4 Å². The van der Waals surface area contributed by atoms with Crippen LogP contribution in [0.1, 0.15) is 24.2 Å². The van der Waals surface area contributed by atoms with Crippen molar-refractivity contribution in [2.24, 2.45) is 5.92 Å². The minimum atomic E-state index is -0.410. The minimum Gasteiger partial charge on any atom is -0.465 e. The normalized spacial score (nSPS) is 11.5. The third-order valence-electron chi connectivity index (χ3n) is 2.89. The van der Waals surface area contributed by atoms with E-state index in [1.165, 1.54) is 7.11 Å². The van der Waals surface area contributed by atoms with Gasteiger partial charge in [-0.3, -0.25) is 0 Å². The first-order chi connectivity index (χ1) is 9.03. The van der Waals surface area contributed by atoms with Crippen LogP contribution in [-0.2, 0) is 4.74 Å². The predicted octanol–water partition coefficient (Wildman–Crippen LogP) is 2.04. The molecule has 1 unspecified atom stereocenters. The second-order valence-electron chi connectivity index (χ2n) is 4.33. The first-order valence-corrected chi connectivity index (χ1v) is 6.15. The Balaban J connectivity index is 3.00. The molecular weight excluding hydrogens is 242 g/mol. The van der Waals surface area contributed by atoms with Gasteiger partial charge in [-0.1, -0.05) is 0 Å². The molecule has 1 rings (SSSR count). The molecule has 102 valence electrons. The molecule has 0 aromatic heterocycles. The van der Waals surface area contributed by atoms with E-state index in [1.54, 1.807) is 18.2 Å². The van der Waals surface area contributed by atoms with Crippen molar-refractivity contribution in [1.82, 2.24) is 0 Å². The highest BCUT2D eigenvalue weighted by Gasteiger charge is 2.14. The molecular formula is C14H19N3O2. The van der Waals surface area contributed by atoms with Gasteiger partial charge in [0.05, 0.1) is 36.0 Å². The average molecular weight is 261 g/mol. The van der Waals surface area contributed by atoms with E-state index in [9.17, 15) is 4.79 Å². The third-order valence-corrected chi connectivity index (χ3v) is 2.89. The quantitative estimate of drug-likeness (QED) is 0.648. The Morgan fingerprint density at radius 1 is 1.58 bits per heavy atom. The van der Waals surface area contributed by atoms with E-state index >= 15 is 0 Å². The van der Waals surface area contributed by atoms with Crippen molar-refractivity contribution in [2.45, 2.75) is 13.8 Å². The summed E-state index contributed by atoms with van der Waals surface area (Å²) in [5.41, 5.74) is 7.74. The zero-order chi connectivity index (χ0) is 14.4. The molecule has 0 radical (unpaired) electrons. The lowest BCUT2D eigenvalue weighted by atomic mass is 10.1. The molecule has 1 atom stereocenters. The molecule has 0 heterocycles. The van der Waals surface area contributed by atoms with Gasteiger partial charge in [-0.15, -0.1) is 0 Å². The number of nitrogens with zero attached hydrogens (tertiary/aromatic N) is 2. The number of carbonyl (C=O) groups is 1. The number of hydrogen-bond acceptors (Lipinski definition) is 5. The van der Waals surface area contributed by atoms with Crippen molar-refractivity contribution < 1.29 is 9.53 Å². The summed E-state index contributed by atoms with van der Waals surface area (Å²) in [5, 5.41) is 8.88. The zero-order valence-corrected chi connectivity index (χ0v) is 11.5. The Hall–Kier alpha value is -2.22. The van der Waals surface area contributed by atoms with Gasteiger partial charge in [0.1, 0.15) is 0 Å². The predicted molar refractivity (Wildman–Crippen MR) is 74.9 cm³/mol. The van der Waals surface area contributed by atoms with Crippen molar-refractivity contribution in [3.63, 3.8) is 0 Å². The average Bonchev–Trinajstić information content (AvgIpc) is 2.43. The summed E-state index contributed by atoms with van der Waals surface area (Å²) >= 11 is 0. The molecule has 0 amide bonds. The Kier molecular flexibility index (Phi) is 5.19. The SMILES string of the molecule is CCN(CC(C)C#N)c1ccc(C(=O)OC)cc1N. The number of methoxy groups -OCH3 is 1. The van der Waals surface area contributed by atoms with Crippen LogP contribution < -0.4 is 10.6 Å². The fourth-order valence-corrected chi connectivity index (χ4v) is 1.86. The molecule has 0 aliphatic heterocycles. The van der Waals surface area contributed by atoms with Crippen molar-refractivity contribution in [2.75, 3.05) is 30.8 Å². The number of anilines is 2. The first-order valence-electron chi connectivity index (χ1n) is 6.15. The highest BCUT2D eigenvalue weighted by atomic mass is 16.5. The highest BCUT2D eigenvalue weighted by molar-refractivity contribution is 5.91. The minimum absolute atomic E-state index is 0.0837. The second-order valence-corrected chi connectivity index (χ2v) is 4.33. The molecule has 0 aliphatic carbocycles. The highest BCUT2D eigenvalue weighted by Crippen LogP contribution is 2.25. The van der Waals surface area contributed by atoms with E-state index in [1.807, 2.05) is 18.7 Å². The van der Waals surface area contributed by atoms with Crippen LogP contribution in [-0.4, -0.2) is 26.2 Å². The molecule has 1 aromatic rings. The molecule has 19 heavy (non-hydrogen) atoms. The number of nitrogen functional groups attached to an aromatic ring is 1. The molecule has 0 saturated carbocycles. The monoisotopic (exact) mass is 261 g/mol. The molecule has 1 aromatic carbocycles. The summed E-state index contributed by atoms with van der Waals surface area (Å²) in [6, 6.07) is 7.26. The van der Waals surface area contributed by atoms with Gasteiger partial charge in [0.2, 0.25) is 0 Å². The van der Waals surface area contributed by atoms with Gasteiger partial charge in [-0.2, -0.15) is 5.26 Å². The maximum absolute atomic E-state index is 11.4. The van der Waals surface area contributed by atoms with E-state index in [2.05, 4.69) is 10.8 Å². The van der Waals surface area contributed by atoms with Gasteiger partial charge in [0.15, 0.2) is 0 Å². The van der Waals surface area contributed by atoms with Crippen LogP contribution >= 0.6 is 0 Å². The molecule has 0 saturated heterocycles. The molecule has 5 nitrogen and oxygen atoms in total. The van der Waals surface area contributed by atoms with Crippen molar-refractivity contribution in [3.8, 4) is 6.07 Å². The topological polar surface area (TPSA) is 79.3 Å². The van der Waals surface area contributed by atoms with Crippen molar-refractivity contribution in [3.05, 3.63) is 23.8 Å². The number of ether oxygens (including phenoxy) is 1. The maximum Gasteiger partial charge on any atom is 0.337 e. The van der Waals surface area contributed by atoms with Gasteiger partial charge in [0.25, 0.3) is 0 Å². The fraction of sp³-hybridized carbons (Fsp3) is 0.429. The zero-order valence-electron chi connectivity index (χ0n) is 11.5. The third kappa shape index (κ3) is 3.62.